The summed E-state index contributed by atoms with van der Waals surface area (Å²) >= 11 is 0. The van der Waals surface area contributed by atoms with Gasteiger partial charge in [-0.1, -0.05) is 50.2 Å². The molecule has 132 valence electrons. The van der Waals surface area contributed by atoms with Gasteiger partial charge in [-0.2, -0.15) is 10.2 Å². The van der Waals surface area contributed by atoms with Gasteiger partial charge in [0.15, 0.2) is 0 Å². The predicted octanol–water partition coefficient (Wildman–Crippen LogP) is 4.69. The molecule has 0 N–H and O–H groups in total. The second-order valence-electron chi connectivity index (χ2n) is 7.68. The van der Waals surface area contributed by atoms with Gasteiger partial charge < -0.3 is 0 Å². The second-order valence-corrected chi connectivity index (χ2v) is 7.68. The number of anilines is 1. The van der Waals surface area contributed by atoms with Gasteiger partial charge in [0.2, 0.25) is 0 Å². The quantitative estimate of drug-likeness (QED) is 0.646. The fraction of sp³-hybridized carbons (Fsp3) is 0.273. The van der Waals surface area contributed by atoms with Crippen LogP contribution in [0.15, 0.2) is 72.0 Å². The van der Waals surface area contributed by atoms with E-state index in [-0.39, 0.29) is 5.41 Å². The SMILES string of the molecule is CN(N=C1CC(C)(C)Cc2c1cnn2-c1ccccc1)c1ccccc1. The molecule has 2 aromatic carbocycles. The van der Waals surface area contributed by atoms with Crippen molar-refractivity contribution in [3.63, 3.8) is 0 Å². The summed E-state index contributed by atoms with van der Waals surface area (Å²) in [6.45, 7) is 4.60. The highest BCUT2D eigenvalue weighted by Crippen LogP contribution is 2.36. The topological polar surface area (TPSA) is 33.4 Å². The lowest BCUT2D eigenvalue weighted by Crippen LogP contribution is -2.30. The number of nitrogens with zero attached hydrogens (tertiary/aromatic N) is 4. The zero-order chi connectivity index (χ0) is 18.1. The van der Waals surface area contributed by atoms with Crippen molar-refractivity contribution in [2.45, 2.75) is 26.7 Å². The van der Waals surface area contributed by atoms with Crippen molar-refractivity contribution in [2.75, 3.05) is 12.1 Å². The average molecular weight is 344 g/mol. The molecule has 0 unspecified atom stereocenters. The van der Waals surface area contributed by atoms with Crippen LogP contribution >= 0.6 is 0 Å². The molecular weight excluding hydrogens is 320 g/mol. The Morgan fingerprint density at radius 1 is 0.962 bits per heavy atom. The molecule has 1 heterocycles. The van der Waals surface area contributed by atoms with E-state index in [0.717, 1.165) is 35.5 Å². The maximum absolute atomic E-state index is 4.95. The summed E-state index contributed by atoms with van der Waals surface area (Å²) in [6, 6.07) is 20.6. The first-order valence-electron chi connectivity index (χ1n) is 9.02. The lowest BCUT2D eigenvalue weighted by atomic mass is 9.76. The van der Waals surface area contributed by atoms with Gasteiger partial charge in [0.05, 0.1) is 29.0 Å². The molecule has 3 aromatic rings. The summed E-state index contributed by atoms with van der Waals surface area (Å²) in [5, 5.41) is 11.6. The highest BCUT2D eigenvalue weighted by Gasteiger charge is 2.33. The molecule has 1 aromatic heterocycles. The third kappa shape index (κ3) is 3.15. The molecular formula is C22H24N4. The van der Waals surface area contributed by atoms with Gasteiger partial charge in [0.25, 0.3) is 0 Å². The monoisotopic (exact) mass is 344 g/mol. The minimum Gasteiger partial charge on any atom is -0.268 e. The van der Waals surface area contributed by atoms with Crippen molar-refractivity contribution in [3.05, 3.63) is 78.1 Å². The highest BCUT2D eigenvalue weighted by atomic mass is 15.4. The first-order chi connectivity index (χ1) is 12.5. The Kier molecular flexibility index (Phi) is 4.11. The molecule has 0 spiro atoms. The molecule has 1 aliphatic carbocycles. The molecule has 0 bridgehead atoms. The summed E-state index contributed by atoms with van der Waals surface area (Å²) in [5.74, 6) is 0. The van der Waals surface area contributed by atoms with Gasteiger partial charge in [0, 0.05) is 12.6 Å². The number of benzene rings is 2. The molecule has 4 heteroatoms. The van der Waals surface area contributed by atoms with Crippen molar-refractivity contribution >= 4 is 11.4 Å². The lowest BCUT2D eigenvalue weighted by molar-refractivity contribution is 0.364. The number of hydrazone groups is 1. The number of hydrogen-bond acceptors (Lipinski definition) is 3. The van der Waals surface area contributed by atoms with E-state index < -0.39 is 0 Å². The van der Waals surface area contributed by atoms with E-state index in [1.165, 1.54) is 5.69 Å². The first kappa shape index (κ1) is 16.6. The molecule has 1 aliphatic rings. The summed E-state index contributed by atoms with van der Waals surface area (Å²) in [7, 11) is 2.01. The Labute approximate surface area is 154 Å². The van der Waals surface area contributed by atoms with Crippen molar-refractivity contribution in [3.8, 4) is 5.69 Å². The fourth-order valence-electron chi connectivity index (χ4n) is 3.61. The Bertz CT molecular complexity index is 923. The summed E-state index contributed by atoms with van der Waals surface area (Å²) in [4.78, 5) is 0. The van der Waals surface area contributed by atoms with Gasteiger partial charge >= 0.3 is 0 Å². The maximum Gasteiger partial charge on any atom is 0.0721 e. The van der Waals surface area contributed by atoms with E-state index in [9.17, 15) is 0 Å². The van der Waals surface area contributed by atoms with E-state index in [2.05, 4.69) is 60.0 Å². The van der Waals surface area contributed by atoms with E-state index >= 15 is 0 Å². The van der Waals surface area contributed by atoms with Gasteiger partial charge in [0.1, 0.15) is 0 Å². The number of aromatic nitrogens is 2. The fourth-order valence-corrected chi connectivity index (χ4v) is 3.61. The average Bonchev–Trinajstić information content (AvgIpc) is 3.05. The Morgan fingerprint density at radius 2 is 1.62 bits per heavy atom. The largest absolute Gasteiger partial charge is 0.268 e. The molecule has 4 nitrogen and oxygen atoms in total. The van der Waals surface area contributed by atoms with E-state index in [1.807, 2.05) is 42.5 Å². The van der Waals surface area contributed by atoms with Crippen molar-refractivity contribution in [1.29, 1.82) is 0 Å². The molecule has 0 saturated carbocycles. The van der Waals surface area contributed by atoms with Crippen molar-refractivity contribution < 1.29 is 0 Å². The van der Waals surface area contributed by atoms with Crippen LogP contribution in [0.1, 0.15) is 31.5 Å². The van der Waals surface area contributed by atoms with Crippen LogP contribution in [0.3, 0.4) is 0 Å². The number of hydrogen-bond donors (Lipinski definition) is 0. The van der Waals surface area contributed by atoms with Crippen molar-refractivity contribution in [2.24, 2.45) is 10.5 Å². The van der Waals surface area contributed by atoms with Crippen LogP contribution in [0.25, 0.3) is 5.69 Å². The van der Waals surface area contributed by atoms with Crippen LogP contribution in [0, 0.1) is 5.41 Å². The summed E-state index contributed by atoms with van der Waals surface area (Å²) < 4.78 is 2.06. The Balaban J connectivity index is 1.77. The van der Waals surface area contributed by atoms with Crippen LogP contribution in [-0.2, 0) is 6.42 Å². The molecule has 0 fully saturated rings. The molecule has 0 saturated heterocycles. The minimum absolute atomic E-state index is 0.149. The van der Waals surface area contributed by atoms with E-state index in [1.54, 1.807) is 0 Å². The normalized spacial score (nSPS) is 17.1. The zero-order valence-electron chi connectivity index (χ0n) is 15.6. The van der Waals surface area contributed by atoms with Gasteiger partial charge in [-0.15, -0.1) is 0 Å². The predicted molar refractivity (Wildman–Crippen MR) is 107 cm³/mol. The number of para-hydroxylation sites is 2. The summed E-state index contributed by atoms with van der Waals surface area (Å²) in [6.07, 6.45) is 3.90. The van der Waals surface area contributed by atoms with Gasteiger partial charge in [-0.3, -0.25) is 5.01 Å². The van der Waals surface area contributed by atoms with Crippen LogP contribution in [0.2, 0.25) is 0 Å². The van der Waals surface area contributed by atoms with Gasteiger partial charge in [-0.05, 0) is 42.5 Å². The molecule has 4 rings (SSSR count). The molecule has 0 radical (unpaired) electrons. The molecule has 26 heavy (non-hydrogen) atoms. The zero-order valence-corrected chi connectivity index (χ0v) is 15.6. The van der Waals surface area contributed by atoms with Crippen molar-refractivity contribution in [1.82, 2.24) is 9.78 Å². The third-order valence-electron chi connectivity index (χ3n) is 4.87. The maximum atomic E-state index is 4.95. The first-order valence-corrected chi connectivity index (χ1v) is 9.02. The summed E-state index contributed by atoms with van der Waals surface area (Å²) in [5.41, 5.74) is 5.84. The molecule has 0 atom stereocenters. The Hall–Kier alpha value is -2.88. The van der Waals surface area contributed by atoms with E-state index in [4.69, 9.17) is 5.10 Å². The number of rotatable bonds is 3. The smallest absolute Gasteiger partial charge is 0.0721 e. The highest BCUT2D eigenvalue weighted by molar-refractivity contribution is 6.03. The Morgan fingerprint density at radius 3 is 2.31 bits per heavy atom. The van der Waals surface area contributed by atoms with Crippen LogP contribution in [0.5, 0.6) is 0 Å². The molecule has 0 amide bonds. The lowest BCUT2D eigenvalue weighted by Gasteiger charge is -2.31. The van der Waals surface area contributed by atoms with E-state index in [0.29, 0.717) is 0 Å². The third-order valence-corrected chi connectivity index (χ3v) is 4.87. The number of fused-ring (bicyclic) bond motifs is 1. The standard InChI is InChI=1S/C22H24N4/c1-22(2)14-20(24-25(3)17-10-6-4-7-11-17)19-16-23-26(21(19)15-22)18-12-8-5-9-13-18/h4-13,16H,14-15H2,1-3H3. The van der Waals surface area contributed by atoms with Crippen LogP contribution in [-0.4, -0.2) is 22.5 Å². The van der Waals surface area contributed by atoms with Crippen LogP contribution in [0.4, 0.5) is 5.69 Å². The van der Waals surface area contributed by atoms with Gasteiger partial charge in [-0.25, -0.2) is 4.68 Å². The minimum atomic E-state index is 0.149. The molecule has 0 aliphatic heterocycles. The van der Waals surface area contributed by atoms with Crippen LogP contribution < -0.4 is 5.01 Å². The second kappa shape index (κ2) is 6.45.